The number of hydrogen-bond acceptors (Lipinski definition) is 3. The lowest BCUT2D eigenvalue weighted by Gasteiger charge is -2.45. The van der Waals surface area contributed by atoms with Crippen LogP contribution < -0.4 is 5.32 Å². The minimum absolute atomic E-state index is 0.0395. The number of carbonyl (C=O) groups excluding carboxylic acids is 2. The van der Waals surface area contributed by atoms with Gasteiger partial charge < -0.3 is 15.2 Å². The summed E-state index contributed by atoms with van der Waals surface area (Å²) in [5.41, 5.74) is 5.62. The Kier molecular flexibility index (Phi) is 8.98. The summed E-state index contributed by atoms with van der Waals surface area (Å²) in [5.74, 6) is 1.20. The molecule has 1 aliphatic heterocycles. The van der Waals surface area contributed by atoms with Crippen molar-refractivity contribution in [2.24, 2.45) is 11.3 Å². The smallest absolute Gasteiger partial charge is 0.358 e. The molecule has 4 aromatic rings. The molecule has 0 unspecified atom stereocenters. The summed E-state index contributed by atoms with van der Waals surface area (Å²) in [5, 5.41) is 4.38. The van der Waals surface area contributed by atoms with E-state index in [0.29, 0.717) is 29.9 Å². The number of amides is 2. The number of aryl methyl sites for hydroxylation is 4. The zero-order valence-electron chi connectivity index (χ0n) is 28.5. The number of aromatic amines is 1. The Labute approximate surface area is 285 Å². The first kappa shape index (κ1) is 34.2. The molecule has 2 aliphatic rings. The predicted octanol–water partition coefficient (Wildman–Crippen LogP) is 9.48. The molecule has 3 aromatic carbocycles. The van der Waals surface area contributed by atoms with Gasteiger partial charge in [-0.15, -0.1) is 0 Å². The molecule has 254 valence electrons. The van der Waals surface area contributed by atoms with Crippen molar-refractivity contribution >= 4 is 40.2 Å². The van der Waals surface area contributed by atoms with Gasteiger partial charge in [-0.05, 0) is 110 Å². The molecule has 1 saturated heterocycles. The molecule has 9 heteroatoms. The van der Waals surface area contributed by atoms with E-state index in [2.05, 4.69) is 43.2 Å². The molecule has 0 spiro atoms. The van der Waals surface area contributed by atoms with Gasteiger partial charge in [-0.3, -0.25) is 9.59 Å². The molecule has 2 fully saturated rings. The van der Waals surface area contributed by atoms with Crippen LogP contribution in [0.2, 0.25) is 0 Å². The maximum Gasteiger partial charge on any atom is 0.416 e. The van der Waals surface area contributed by atoms with E-state index in [1.807, 2.05) is 45.0 Å². The molecule has 0 radical (unpaired) electrons. The van der Waals surface area contributed by atoms with E-state index in [4.69, 9.17) is 0 Å². The largest absolute Gasteiger partial charge is 0.416 e. The first-order valence-electron chi connectivity index (χ1n) is 16.6. The molecule has 6 rings (SSSR count). The number of carbonyl (C=O) groups is 2. The lowest BCUT2D eigenvalue weighted by atomic mass is 9.86. The summed E-state index contributed by atoms with van der Waals surface area (Å²) >= 11 is 1.75. The predicted molar refractivity (Wildman–Crippen MR) is 188 cm³/mol. The molecule has 1 saturated carbocycles. The molecule has 48 heavy (non-hydrogen) atoms. The number of hydrogen-bond donors (Lipinski definition) is 2. The number of para-hydroxylation sites is 1. The van der Waals surface area contributed by atoms with Gasteiger partial charge in [0.15, 0.2) is 0 Å². The van der Waals surface area contributed by atoms with Gasteiger partial charge in [-0.25, -0.2) is 0 Å². The fourth-order valence-corrected chi connectivity index (χ4v) is 9.26. The van der Waals surface area contributed by atoms with Gasteiger partial charge >= 0.3 is 6.18 Å². The summed E-state index contributed by atoms with van der Waals surface area (Å²) in [6, 6.07) is 17.2. The van der Waals surface area contributed by atoms with Crippen LogP contribution in [0.4, 0.5) is 18.9 Å². The van der Waals surface area contributed by atoms with Crippen LogP contribution in [0.5, 0.6) is 0 Å². The SMILES string of the molecule is Cc1cc(C)c(NC(=O)C2(N(Cc3ccc(C(F)(F)F)cc3)C(=O)C[C@@H]3[C@@H](c4c(C)[nH]c5ccccc45)C3(C)C)CCSCC2)c(C)c1. The van der Waals surface area contributed by atoms with Crippen LogP contribution >= 0.6 is 11.8 Å². The van der Waals surface area contributed by atoms with E-state index in [9.17, 15) is 22.8 Å². The van der Waals surface area contributed by atoms with E-state index in [0.717, 1.165) is 51.1 Å². The molecular weight excluding hydrogens is 632 g/mol. The maximum atomic E-state index is 14.8. The standard InChI is InChI=1S/C39H44F3N3O2S/c1-23-19-24(2)35(25(3)20-23)44-36(47)38(15-17-48-18-16-38)45(22-27-11-13-28(14-12-27)39(40,41)42)32(46)21-30-34(37(30,5)6)33-26(4)43-31-10-8-7-9-29(31)33/h7-14,19-20,30,34,43H,15-18,21-22H2,1-6H3,(H,44,47)/t30-,34+/m1/s1. The van der Waals surface area contributed by atoms with Crippen LogP contribution in [0.1, 0.15) is 78.1 Å². The van der Waals surface area contributed by atoms with Crippen molar-refractivity contribution in [2.45, 2.75) is 85.0 Å². The van der Waals surface area contributed by atoms with Crippen molar-refractivity contribution < 1.29 is 22.8 Å². The summed E-state index contributed by atoms with van der Waals surface area (Å²) in [7, 11) is 0. The first-order valence-corrected chi connectivity index (χ1v) is 17.8. The minimum atomic E-state index is -4.47. The molecule has 2 N–H and O–H groups in total. The number of anilines is 1. The summed E-state index contributed by atoms with van der Waals surface area (Å²) in [6.07, 6.45) is -3.31. The summed E-state index contributed by atoms with van der Waals surface area (Å²) in [4.78, 5) is 34.6. The zero-order valence-corrected chi connectivity index (χ0v) is 29.3. The second-order valence-electron chi connectivity index (χ2n) is 14.4. The van der Waals surface area contributed by atoms with Crippen LogP contribution in [0.25, 0.3) is 10.9 Å². The fraction of sp³-hybridized carbons (Fsp3) is 0.436. The van der Waals surface area contributed by atoms with Crippen molar-refractivity contribution in [3.8, 4) is 0 Å². The van der Waals surface area contributed by atoms with Crippen LogP contribution in [0, 0.1) is 39.0 Å². The Morgan fingerprint density at radius 3 is 2.21 bits per heavy atom. The maximum absolute atomic E-state index is 14.8. The zero-order chi connectivity index (χ0) is 34.6. The highest BCUT2D eigenvalue weighted by molar-refractivity contribution is 7.99. The van der Waals surface area contributed by atoms with Crippen molar-refractivity contribution in [2.75, 3.05) is 16.8 Å². The molecule has 0 bridgehead atoms. The van der Waals surface area contributed by atoms with Gasteiger partial charge in [-0.1, -0.05) is 61.9 Å². The van der Waals surface area contributed by atoms with E-state index in [1.165, 1.54) is 17.7 Å². The number of benzene rings is 3. The van der Waals surface area contributed by atoms with Crippen LogP contribution in [0.15, 0.2) is 60.7 Å². The minimum Gasteiger partial charge on any atom is -0.358 e. The quantitative estimate of drug-likeness (QED) is 0.196. The van der Waals surface area contributed by atoms with E-state index >= 15 is 0 Å². The Morgan fingerprint density at radius 2 is 1.58 bits per heavy atom. The van der Waals surface area contributed by atoms with E-state index in [-0.39, 0.29) is 42.0 Å². The average Bonchev–Trinajstić information content (AvgIpc) is 3.37. The van der Waals surface area contributed by atoms with Gasteiger partial charge in [-0.2, -0.15) is 24.9 Å². The number of H-pyrrole nitrogens is 1. The molecule has 2 heterocycles. The number of alkyl halides is 3. The third-order valence-corrected chi connectivity index (χ3v) is 11.8. The summed E-state index contributed by atoms with van der Waals surface area (Å²) < 4.78 is 40.3. The topological polar surface area (TPSA) is 65.2 Å². The summed E-state index contributed by atoms with van der Waals surface area (Å²) in [6.45, 7) is 12.5. The second kappa shape index (κ2) is 12.6. The molecule has 2 atom stereocenters. The number of fused-ring (bicyclic) bond motifs is 1. The van der Waals surface area contributed by atoms with Crippen molar-refractivity contribution in [3.63, 3.8) is 0 Å². The highest BCUT2D eigenvalue weighted by Gasteiger charge is 2.60. The Hall–Kier alpha value is -3.72. The van der Waals surface area contributed by atoms with Gasteiger partial charge in [0.2, 0.25) is 11.8 Å². The highest BCUT2D eigenvalue weighted by atomic mass is 32.2. The molecular formula is C39H44F3N3O2S. The highest BCUT2D eigenvalue weighted by Crippen LogP contribution is 2.67. The number of nitrogens with one attached hydrogen (secondary N) is 2. The third kappa shape index (κ3) is 6.26. The number of halogens is 3. The van der Waals surface area contributed by atoms with Crippen molar-refractivity contribution in [1.82, 2.24) is 9.88 Å². The van der Waals surface area contributed by atoms with Crippen molar-refractivity contribution in [3.05, 3.63) is 99.7 Å². The average molecular weight is 676 g/mol. The second-order valence-corrected chi connectivity index (χ2v) is 15.6. The molecule has 2 amide bonds. The lowest BCUT2D eigenvalue weighted by Crippen LogP contribution is -2.60. The Bertz CT molecular complexity index is 1830. The van der Waals surface area contributed by atoms with Gasteiger partial charge in [0.25, 0.3) is 0 Å². The first-order chi connectivity index (χ1) is 22.6. The van der Waals surface area contributed by atoms with Crippen LogP contribution in [-0.4, -0.2) is 38.7 Å². The number of rotatable bonds is 8. The van der Waals surface area contributed by atoms with E-state index < -0.39 is 17.3 Å². The molecule has 1 aromatic heterocycles. The Morgan fingerprint density at radius 1 is 0.958 bits per heavy atom. The number of aromatic nitrogens is 1. The third-order valence-electron chi connectivity index (χ3n) is 10.8. The number of thioether (sulfide) groups is 1. The van der Waals surface area contributed by atoms with Crippen LogP contribution in [0.3, 0.4) is 0 Å². The van der Waals surface area contributed by atoms with Crippen molar-refractivity contribution in [1.29, 1.82) is 0 Å². The van der Waals surface area contributed by atoms with E-state index in [1.54, 1.807) is 16.7 Å². The van der Waals surface area contributed by atoms with Crippen LogP contribution in [-0.2, 0) is 22.3 Å². The Balaban J connectivity index is 1.37. The lowest BCUT2D eigenvalue weighted by molar-refractivity contribution is -0.147. The molecule has 5 nitrogen and oxygen atoms in total. The fourth-order valence-electron chi connectivity index (χ4n) is 8.09. The van der Waals surface area contributed by atoms with Gasteiger partial charge in [0.05, 0.1) is 5.56 Å². The van der Waals surface area contributed by atoms with Gasteiger partial charge in [0, 0.05) is 35.2 Å². The normalized spacial score (nSPS) is 20.0. The monoisotopic (exact) mass is 675 g/mol. The molecule has 1 aliphatic carbocycles. The number of nitrogens with zero attached hydrogens (tertiary/aromatic N) is 1. The van der Waals surface area contributed by atoms with Gasteiger partial charge in [0.1, 0.15) is 5.54 Å².